The number of aldehydes is 1. The quantitative estimate of drug-likeness (QED) is 0.378. The van der Waals surface area contributed by atoms with Crippen molar-refractivity contribution in [3.63, 3.8) is 0 Å². The van der Waals surface area contributed by atoms with E-state index in [1.807, 2.05) is 54.6 Å². The molecule has 0 aliphatic rings. The lowest BCUT2D eigenvalue weighted by molar-refractivity contribution is -0.107. The molecule has 2 heteroatoms. The molecule has 0 atom stereocenters. The molecule has 4 aromatic carbocycles. The van der Waals surface area contributed by atoms with Crippen molar-refractivity contribution < 1.29 is 4.79 Å². The van der Waals surface area contributed by atoms with E-state index >= 15 is 0 Å². The van der Waals surface area contributed by atoms with Crippen LogP contribution in [0.4, 0.5) is 0 Å². The van der Waals surface area contributed by atoms with E-state index in [1.54, 1.807) is 0 Å². The molecular weight excluding hydrogens is 340 g/mol. The summed E-state index contributed by atoms with van der Waals surface area (Å²) in [6.07, 6.45) is 1.33. The van der Waals surface area contributed by atoms with Gasteiger partial charge in [0.15, 0.2) is 0 Å². The highest BCUT2D eigenvalue weighted by molar-refractivity contribution is 6.31. The third-order valence-corrected chi connectivity index (χ3v) is 4.88. The first-order chi connectivity index (χ1) is 12.8. The molecule has 0 unspecified atom stereocenters. The second-order valence-corrected chi connectivity index (χ2v) is 6.68. The van der Waals surface area contributed by atoms with Gasteiger partial charge in [-0.05, 0) is 56.8 Å². The maximum atomic E-state index is 11.5. The number of hydrogen-bond acceptors (Lipinski definition) is 1. The van der Waals surface area contributed by atoms with Crippen LogP contribution in [0.1, 0.15) is 5.56 Å². The van der Waals surface area contributed by atoms with Crippen LogP contribution in [0.2, 0.25) is 5.02 Å². The second kappa shape index (κ2) is 7.15. The molecule has 0 N–H and O–H groups in total. The van der Waals surface area contributed by atoms with Crippen molar-refractivity contribution in [3.8, 4) is 22.3 Å². The van der Waals surface area contributed by atoms with Gasteiger partial charge in [-0.2, -0.15) is 0 Å². The maximum absolute atomic E-state index is 11.5. The smallest absolute Gasteiger partial charge is 0.124 e. The van der Waals surface area contributed by atoms with Crippen LogP contribution >= 0.6 is 11.6 Å². The van der Waals surface area contributed by atoms with Gasteiger partial charge < -0.3 is 4.79 Å². The summed E-state index contributed by atoms with van der Waals surface area (Å²) in [6, 6.07) is 28.5. The molecule has 0 bridgehead atoms. The summed E-state index contributed by atoms with van der Waals surface area (Å²) < 4.78 is 0. The van der Waals surface area contributed by atoms with Crippen molar-refractivity contribution >= 4 is 28.7 Å². The van der Waals surface area contributed by atoms with E-state index in [0.29, 0.717) is 11.4 Å². The van der Waals surface area contributed by atoms with E-state index in [2.05, 4.69) is 30.3 Å². The summed E-state index contributed by atoms with van der Waals surface area (Å²) in [5, 5.41) is 2.88. The Labute approximate surface area is 157 Å². The summed E-state index contributed by atoms with van der Waals surface area (Å²) in [4.78, 5) is 11.5. The molecule has 1 nitrogen and oxygen atoms in total. The highest BCUT2D eigenvalue weighted by atomic mass is 35.5. The first kappa shape index (κ1) is 16.6. The molecule has 0 aliphatic heterocycles. The Bertz CT molecular complexity index is 1070. The van der Waals surface area contributed by atoms with Crippen LogP contribution < -0.4 is 0 Å². The number of carbonyl (C=O) groups is 1. The molecular formula is C24H17ClO. The lowest BCUT2D eigenvalue weighted by Gasteiger charge is -2.18. The number of carbonyl (C=O) groups excluding carboxylic acids is 1. The Kier molecular flexibility index (Phi) is 4.55. The van der Waals surface area contributed by atoms with Crippen LogP contribution in [-0.4, -0.2) is 6.29 Å². The summed E-state index contributed by atoms with van der Waals surface area (Å²) >= 11 is 6.29. The van der Waals surface area contributed by atoms with E-state index < -0.39 is 0 Å². The van der Waals surface area contributed by atoms with Crippen LogP contribution in [0.25, 0.3) is 33.0 Å². The molecule has 0 heterocycles. The van der Waals surface area contributed by atoms with Gasteiger partial charge in [-0.1, -0.05) is 78.3 Å². The van der Waals surface area contributed by atoms with Gasteiger partial charge in [-0.25, -0.2) is 0 Å². The zero-order valence-corrected chi connectivity index (χ0v) is 14.9. The Hall–Kier alpha value is -2.90. The Morgan fingerprint density at radius 2 is 1.42 bits per heavy atom. The molecule has 0 amide bonds. The Balaban J connectivity index is 2.15. The average molecular weight is 357 g/mol. The fourth-order valence-corrected chi connectivity index (χ4v) is 3.69. The fourth-order valence-electron chi connectivity index (χ4n) is 3.52. The lowest BCUT2D eigenvalue weighted by Crippen LogP contribution is -1.97. The third-order valence-electron chi connectivity index (χ3n) is 4.65. The molecule has 26 heavy (non-hydrogen) atoms. The minimum Gasteiger partial charge on any atom is -0.303 e. The predicted molar refractivity (Wildman–Crippen MR) is 110 cm³/mol. The first-order valence-electron chi connectivity index (χ1n) is 8.57. The first-order valence-corrected chi connectivity index (χ1v) is 8.95. The molecule has 0 saturated heterocycles. The Morgan fingerprint density at radius 3 is 2.08 bits per heavy atom. The zero-order valence-electron chi connectivity index (χ0n) is 14.2. The summed E-state index contributed by atoms with van der Waals surface area (Å²) in [5.41, 5.74) is 5.41. The molecule has 0 spiro atoms. The van der Waals surface area contributed by atoms with Crippen LogP contribution in [0.15, 0.2) is 84.9 Å². The summed E-state index contributed by atoms with van der Waals surface area (Å²) in [7, 11) is 0. The van der Waals surface area contributed by atoms with Crippen LogP contribution in [-0.2, 0) is 11.2 Å². The third kappa shape index (κ3) is 3.02. The standard InChI is InChI=1S/C24H17ClO/c25-20-12-11-19-15-22(17-7-3-1-4-8-17)21(13-14-26)24(23(19)16-20)18-9-5-2-6-10-18/h1-12,14-16H,13H2. The minimum atomic E-state index is 0.358. The molecule has 4 aromatic rings. The van der Waals surface area contributed by atoms with Crippen molar-refractivity contribution in [3.05, 3.63) is 95.5 Å². The van der Waals surface area contributed by atoms with Crippen molar-refractivity contribution in [1.82, 2.24) is 0 Å². The number of rotatable bonds is 4. The van der Waals surface area contributed by atoms with Gasteiger partial charge >= 0.3 is 0 Å². The van der Waals surface area contributed by atoms with Gasteiger partial charge in [-0.15, -0.1) is 0 Å². The van der Waals surface area contributed by atoms with Gasteiger partial charge in [0, 0.05) is 11.4 Å². The SMILES string of the molecule is O=CCc1c(-c2ccccc2)cc2ccc(Cl)cc2c1-c1ccccc1. The maximum Gasteiger partial charge on any atom is 0.124 e. The lowest BCUT2D eigenvalue weighted by atomic mass is 9.86. The molecule has 0 aliphatic carbocycles. The summed E-state index contributed by atoms with van der Waals surface area (Å²) in [6.45, 7) is 0. The van der Waals surface area contributed by atoms with E-state index in [4.69, 9.17) is 11.6 Å². The average Bonchev–Trinajstić information content (AvgIpc) is 2.69. The number of fused-ring (bicyclic) bond motifs is 1. The highest BCUT2D eigenvalue weighted by Crippen LogP contribution is 2.39. The minimum absolute atomic E-state index is 0.358. The van der Waals surface area contributed by atoms with Crippen LogP contribution in [0, 0.1) is 0 Å². The number of hydrogen-bond donors (Lipinski definition) is 0. The Morgan fingerprint density at radius 1 is 0.769 bits per heavy atom. The highest BCUT2D eigenvalue weighted by Gasteiger charge is 2.16. The van der Waals surface area contributed by atoms with E-state index in [0.717, 1.165) is 44.9 Å². The van der Waals surface area contributed by atoms with Gasteiger partial charge in [0.25, 0.3) is 0 Å². The molecule has 4 rings (SSSR count). The van der Waals surface area contributed by atoms with E-state index in [1.165, 1.54) is 0 Å². The molecule has 0 saturated carbocycles. The van der Waals surface area contributed by atoms with Crippen molar-refractivity contribution in [2.45, 2.75) is 6.42 Å². The van der Waals surface area contributed by atoms with Gasteiger partial charge in [0.1, 0.15) is 6.29 Å². The summed E-state index contributed by atoms with van der Waals surface area (Å²) in [5.74, 6) is 0. The zero-order chi connectivity index (χ0) is 17.9. The predicted octanol–water partition coefficient (Wildman–Crippen LogP) is 6.57. The van der Waals surface area contributed by atoms with E-state index in [-0.39, 0.29) is 0 Å². The topological polar surface area (TPSA) is 17.1 Å². The molecule has 0 aromatic heterocycles. The van der Waals surface area contributed by atoms with Crippen molar-refractivity contribution in [2.24, 2.45) is 0 Å². The van der Waals surface area contributed by atoms with Crippen molar-refractivity contribution in [2.75, 3.05) is 0 Å². The largest absolute Gasteiger partial charge is 0.303 e. The number of benzene rings is 4. The molecule has 0 radical (unpaired) electrons. The monoisotopic (exact) mass is 356 g/mol. The molecule has 126 valence electrons. The molecule has 0 fully saturated rings. The van der Waals surface area contributed by atoms with Crippen LogP contribution in [0.3, 0.4) is 0 Å². The van der Waals surface area contributed by atoms with Gasteiger partial charge in [0.2, 0.25) is 0 Å². The van der Waals surface area contributed by atoms with Crippen molar-refractivity contribution in [1.29, 1.82) is 0 Å². The normalized spacial score (nSPS) is 10.8. The van der Waals surface area contributed by atoms with Gasteiger partial charge in [-0.3, -0.25) is 0 Å². The fraction of sp³-hybridized carbons (Fsp3) is 0.0417. The van der Waals surface area contributed by atoms with Crippen LogP contribution in [0.5, 0.6) is 0 Å². The second-order valence-electron chi connectivity index (χ2n) is 6.25. The number of halogens is 1. The van der Waals surface area contributed by atoms with E-state index in [9.17, 15) is 4.79 Å². The van der Waals surface area contributed by atoms with Gasteiger partial charge in [0.05, 0.1) is 0 Å².